The van der Waals surface area contributed by atoms with Gasteiger partial charge >= 0.3 is 0 Å². The van der Waals surface area contributed by atoms with E-state index in [-0.39, 0.29) is 43.8 Å². The summed E-state index contributed by atoms with van der Waals surface area (Å²) in [7, 11) is -2.04. The molecule has 10 heteroatoms. The summed E-state index contributed by atoms with van der Waals surface area (Å²) in [4.78, 5) is 28.3. The second-order valence-corrected chi connectivity index (χ2v) is 11.4. The van der Waals surface area contributed by atoms with Crippen LogP contribution in [0.4, 0.5) is 5.69 Å². The Morgan fingerprint density at radius 2 is 1.67 bits per heavy atom. The van der Waals surface area contributed by atoms with Gasteiger partial charge in [0.2, 0.25) is 21.8 Å². The standard InChI is InChI=1S/C29H43N3O6S/c1-7-22(4)30-29(34)25(8-2)31(21-23-16-18-24(37-5)19-17-23)28(33)15-12-20-32(39(6,35)36)26-13-10-11-14-27(26)38-9-3/h10-11,13-14,16-19,22,25H,7-9,12,15,20-21H2,1-6H3,(H,30,34)/t22-,25+/m0/s1. The minimum Gasteiger partial charge on any atom is -0.497 e. The molecule has 0 heterocycles. The van der Waals surface area contributed by atoms with Crippen molar-refractivity contribution in [3.63, 3.8) is 0 Å². The third-order valence-electron chi connectivity index (χ3n) is 6.48. The van der Waals surface area contributed by atoms with Crippen LogP contribution in [0.5, 0.6) is 11.5 Å². The van der Waals surface area contributed by atoms with E-state index in [0.717, 1.165) is 18.2 Å². The number of ether oxygens (including phenoxy) is 2. The predicted octanol–water partition coefficient (Wildman–Crippen LogP) is 4.36. The SMILES string of the molecule is CCOc1ccccc1N(CCCC(=O)N(Cc1ccc(OC)cc1)[C@H](CC)C(=O)N[C@@H](C)CC)S(C)(=O)=O. The second-order valence-electron chi connectivity index (χ2n) is 9.45. The Morgan fingerprint density at radius 3 is 2.23 bits per heavy atom. The van der Waals surface area contributed by atoms with Gasteiger partial charge in [-0.15, -0.1) is 0 Å². The smallest absolute Gasteiger partial charge is 0.243 e. The first-order chi connectivity index (χ1) is 18.5. The van der Waals surface area contributed by atoms with Crippen LogP contribution in [-0.2, 0) is 26.2 Å². The summed E-state index contributed by atoms with van der Waals surface area (Å²) in [5, 5.41) is 3.00. The summed E-state index contributed by atoms with van der Waals surface area (Å²) in [5.41, 5.74) is 1.30. The van der Waals surface area contributed by atoms with Crippen LogP contribution in [0, 0.1) is 0 Å². The fraction of sp³-hybridized carbons (Fsp3) is 0.517. The number of carbonyl (C=O) groups is 2. The zero-order valence-electron chi connectivity index (χ0n) is 24.0. The van der Waals surface area contributed by atoms with Crippen LogP contribution in [0.1, 0.15) is 58.9 Å². The van der Waals surface area contributed by atoms with Gasteiger partial charge in [-0.25, -0.2) is 8.42 Å². The van der Waals surface area contributed by atoms with Gasteiger partial charge in [-0.3, -0.25) is 13.9 Å². The summed E-state index contributed by atoms with van der Waals surface area (Å²) >= 11 is 0. The summed E-state index contributed by atoms with van der Waals surface area (Å²) in [6.07, 6.45) is 2.71. The maximum Gasteiger partial charge on any atom is 0.243 e. The van der Waals surface area contributed by atoms with E-state index in [1.165, 1.54) is 4.31 Å². The number of benzene rings is 2. The maximum atomic E-state index is 13.6. The molecule has 2 amide bonds. The highest BCUT2D eigenvalue weighted by molar-refractivity contribution is 7.92. The molecule has 9 nitrogen and oxygen atoms in total. The Labute approximate surface area is 233 Å². The zero-order chi connectivity index (χ0) is 29.0. The largest absolute Gasteiger partial charge is 0.497 e. The Kier molecular flexibility index (Phi) is 12.6. The van der Waals surface area contributed by atoms with Gasteiger partial charge in [0.1, 0.15) is 17.5 Å². The Hall–Kier alpha value is -3.27. The number of amides is 2. The van der Waals surface area contributed by atoms with Crippen molar-refractivity contribution in [2.45, 2.75) is 72.0 Å². The molecular weight excluding hydrogens is 518 g/mol. The van der Waals surface area contributed by atoms with Crippen LogP contribution < -0.4 is 19.1 Å². The highest BCUT2D eigenvalue weighted by Gasteiger charge is 2.29. The lowest BCUT2D eigenvalue weighted by Gasteiger charge is -2.32. The Balaban J connectivity index is 2.26. The normalized spacial score (nSPS) is 12.8. The van der Waals surface area contributed by atoms with E-state index in [0.29, 0.717) is 30.2 Å². The molecular formula is C29H43N3O6S. The van der Waals surface area contributed by atoms with Gasteiger partial charge in [0.15, 0.2) is 0 Å². The minimum absolute atomic E-state index is 0.0155. The van der Waals surface area contributed by atoms with Crippen molar-refractivity contribution in [1.82, 2.24) is 10.2 Å². The summed E-state index contributed by atoms with van der Waals surface area (Å²) in [6, 6.07) is 13.6. The van der Waals surface area contributed by atoms with Crippen molar-refractivity contribution in [2.75, 3.05) is 30.8 Å². The molecule has 216 valence electrons. The number of para-hydroxylation sites is 2. The van der Waals surface area contributed by atoms with Gasteiger partial charge in [0.05, 0.1) is 25.7 Å². The number of carbonyl (C=O) groups excluding carboxylic acids is 2. The van der Waals surface area contributed by atoms with Crippen molar-refractivity contribution in [3.8, 4) is 11.5 Å². The molecule has 0 aliphatic rings. The molecule has 0 unspecified atom stereocenters. The van der Waals surface area contributed by atoms with E-state index >= 15 is 0 Å². The second kappa shape index (κ2) is 15.4. The van der Waals surface area contributed by atoms with Crippen molar-refractivity contribution in [2.24, 2.45) is 0 Å². The molecule has 2 aromatic rings. The van der Waals surface area contributed by atoms with Crippen LogP contribution in [0.25, 0.3) is 0 Å². The molecule has 2 aromatic carbocycles. The summed E-state index contributed by atoms with van der Waals surface area (Å²) in [6.45, 7) is 8.37. The van der Waals surface area contributed by atoms with Crippen LogP contribution in [0.15, 0.2) is 48.5 Å². The molecule has 0 spiro atoms. The Bertz CT molecular complexity index is 1170. The molecule has 0 aliphatic carbocycles. The van der Waals surface area contributed by atoms with Crippen molar-refractivity contribution >= 4 is 27.5 Å². The first-order valence-electron chi connectivity index (χ1n) is 13.5. The number of sulfonamides is 1. The highest BCUT2D eigenvalue weighted by Crippen LogP contribution is 2.30. The van der Waals surface area contributed by atoms with E-state index in [9.17, 15) is 18.0 Å². The molecule has 39 heavy (non-hydrogen) atoms. The zero-order valence-corrected chi connectivity index (χ0v) is 24.8. The van der Waals surface area contributed by atoms with Gasteiger partial charge in [0.25, 0.3) is 0 Å². The van der Waals surface area contributed by atoms with Gasteiger partial charge in [0, 0.05) is 25.6 Å². The van der Waals surface area contributed by atoms with Gasteiger partial charge in [-0.05, 0) is 62.9 Å². The van der Waals surface area contributed by atoms with E-state index in [1.54, 1.807) is 36.3 Å². The van der Waals surface area contributed by atoms with Crippen LogP contribution in [0.3, 0.4) is 0 Å². The van der Waals surface area contributed by atoms with E-state index in [2.05, 4.69) is 5.32 Å². The quantitative estimate of drug-likeness (QED) is 0.327. The lowest BCUT2D eigenvalue weighted by atomic mass is 10.1. The topological polar surface area (TPSA) is 105 Å². The molecule has 0 saturated carbocycles. The molecule has 0 fully saturated rings. The minimum atomic E-state index is -3.63. The molecule has 0 bridgehead atoms. The maximum absolute atomic E-state index is 13.6. The van der Waals surface area contributed by atoms with Crippen LogP contribution in [-0.4, -0.2) is 63.7 Å². The predicted molar refractivity (Wildman–Crippen MR) is 155 cm³/mol. The first kappa shape index (κ1) is 31.9. The van der Waals surface area contributed by atoms with Gasteiger partial charge in [-0.2, -0.15) is 0 Å². The third kappa shape index (κ3) is 9.45. The fourth-order valence-corrected chi connectivity index (χ4v) is 5.18. The van der Waals surface area contributed by atoms with E-state index in [4.69, 9.17) is 9.47 Å². The van der Waals surface area contributed by atoms with E-state index in [1.807, 2.05) is 52.0 Å². The number of nitrogens with one attached hydrogen (secondary N) is 1. The third-order valence-corrected chi connectivity index (χ3v) is 7.66. The van der Waals surface area contributed by atoms with Crippen LogP contribution in [0.2, 0.25) is 0 Å². The number of hydrogen-bond donors (Lipinski definition) is 1. The molecule has 0 radical (unpaired) electrons. The molecule has 0 saturated heterocycles. The number of nitrogens with zero attached hydrogens (tertiary/aromatic N) is 2. The van der Waals surface area contributed by atoms with Crippen molar-refractivity contribution in [1.29, 1.82) is 0 Å². The fourth-order valence-electron chi connectivity index (χ4n) is 4.21. The average molecular weight is 562 g/mol. The van der Waals surface area contributed by atoms with Crippen molar-refractivity contribution in [3.05, 3.63) is 54.1 Å². The van der Waals surface area contributed by atoms with E-state index < -0.39 is 16.1 Å². The number of rotatable bonds is 16. The highest BCUT2D eigenvalue weighted by atomic mass is 32.2. The van der Waals surface area contributed by atoms with Crippen molar-refractivity contribution < 1.29 is 27.5 Å². The Morgan fingerprint density at radius 1 is 1.00 bits per heavy atom. The molecule has 1 N–H and O–H groups in total. The molecule has 0 aromatic heterocycles. The summed E-state index contributed by atoms with van der Waals surface area (Å²) < 4.78 is 37.5. The van der Waals surface area contributed by atoms with Crippen LogP contribution >= 0.6 is 0 Å². The first-order valence-corrected chi connectivity index (χ1v) is 15.3. The molecule has 2 atom stereocenters. The van der Waals surface area contributed by atoms with Gasteiger partial charge in [-0.1, -0.05) is 38.1 Å². The molecule has 2 rings (SSSR count). The van der Waals surface area contributed by atoms with Gasteiger partial charge < -0.3 is 19.7 Å². The lowest BCUT2D eigenvalue weighted by Crippen LogP contribution is -2.50. The monoisotopic (exact) mass is 561 g/mol. The number of anilines is 1. The lowest BCUT2D eigenvalue weighted by molar-refractivity contribution is -0.141. The summed E-state index contributed by atoms with van der Waals surface area (Å²) in [5.74, 6) is 0.748. The average Bonchev–Trinajstić information content (AvgIpc) is 2.91. The number of hydrogen-bond acceptors (Lipinski definition) is 6. The molecule has 0 aliphatic heterocycles. The number of methoxy groups -OCH3 is 1.